The van der Waals surface area contributed by atoms with E-state index in [1.54, 1.807) is 6.92 Å². The Hall–Kier alpha value is -1.65. The van der Waals surface area contributed by atoms with Gasteiger partial charge in [-0.05, 0) is 19.9 Å². The lowest BCUT2D eigenvalue weighted by Crippen LogP contribution is -2.06. The number of halogens is 1. The number of aromatic nitrogens is 3. The van der Waals surface area contributed by atoms with E-state index < -0.39 is 5.82 Å². The Kier molecular flexibility index (Phi) is 1.48. The molecule has 0 aliphatic carbocycles. The predicted molar refractivity (Wildman–Crippen MR) is 43.3 cm³/mol. The van der Waals surface area contributed by atoms with Crippen LogP contribution >= 0.6 is 0 Å². The molecule has 2 aliphatic rings. The van der Waals surface area contributed by atoms with E-state index in [0.717, 1.165) is 0 Å². The first-order valence-electron chi connectivity index (χ1n) is 3.81. The van der Waals surface area contributed by atoms with Crippen LogP contribution in [-0.2, 0) is 0 Å². The molecule has 0 amide bonds. The molecule has 2 aliphatic heterocycles. The number of hydrogen-bond acceptors (Lipinski definition) is 3. The van der Waals surface area contributed by atoms with Crippen molar-refractivity contribution in [3.05, 3.63) is 23.3 Å². The zero-order valence-corrected chi connectivity index (χ0v) is 7.24. The zero-order valence-electron chi connectivity index (χ0n) is 7.24. The van der Waals surface area contributed by atoms with Crippen LogP contribution in [-0.4, -0.2) is 20.1 Å². The highest BCUT2D eigenvalue weighted by atomic mass is 19.1. The van der Waals surface area contributed by atoms with Crippen molar-refractivity contribution in [1.29, 1.82) is 0 Å². The van der Waals surface area contributed by atoms with Gasteiger partial charge in [0.25, 0.3) is 0 Å². The molecule has 68 valence electrons. The molecule has 4 nitrogen and oxygen atoms in total. The first-order chi connectivity index (χ1) is 6.11. The van der Waals surface area contributed by atoms with Crippen LogP contribution in [0.4, 0.5) is 4.39 Å². The fraction of sp³-hybridized carbons (Fsp3) is 0.250. The molecular weight excluding hydrogens is 173 g/mol. The third kappa shape index (κ3) is 0.965. The Morgan fingerprint density at radius 2 is 2.08 bits per heavy atom. The highest BCUT2D eigenvalue weighted by Gasteiger charge is 2.18. The highest BCUT2D eigenvalue weighted by molar-refractivity contribution is 5.60. The van der Waals surface area contributed by atoms with E-state index >= 15 is 0 Å². The van der Waals surface area contributed by atoms with Crippen LogP contribution in [0.25, 0.3) is 11.4 Å². The first kappa shape index (κ1) is 7.97. The van der Waals surface area contributed by atoms with Gasteiger partial charge >= 0.3 is 0 Å². The molecule has 0 aromatic rings. The third-order valence-corrected chi connectivity index (χ3v) is 2.06. The fourth-order valence-corrected chi connectivity index (χ4v) is 1.21. The van der Waals surface area contributed by atoms with Crippen LogP contribution in [0, 0.1) is 19.7 Å². The SMILES string of the molecule is Cc1nnc2n(O)c(C)c(F)cc1-2. The van der Waals surface area contributed by atoms with Crippen molar-refractivity contribution < 1.29 is 9.60 Å². The number of pyridine rings is 1. The lowest BCUT2D eigenvalue weighted by atomic mass is 10.2. The maximum Gasteiger partial charge on any atom is 0.199 e. The molecule has 0 radical (unpaired) electrons. The van der Waals surface area contributed by atoms with Crippen molar-refractivity contribution in [3.8, 4) is 11.4 Å². The van der Waals surface area contributed by atoms with Crippen LogP contribution in [0.5, 0.6) is 0 Å². The van der Waals surface area contributed by atoms with Gasteiger partial charge in [0.2, 0.25) is 0 Å². The van der Waals surface area contributed by atoms with E-state index in [4.69, 9.17) is 0 Å². The van der Waals surface area contributed by atoms with Crippen molar-refractivity contribution in [1.82, 2.24) is 14.9 Å². The van der Waals surface area contributed by atoms with Gasteiger partial charge in [-0.25, -0.2) is 4.39 Å². The number of nitrogens with zero attached hydrogens (tertiary/aromatic N) is 3. The summed E-state index contributed by atoms with van der Waals surface area (Å²) in [5.74, 6) is -0.177. The number of aryl methyl sites for hydroxylation is 1. The smallest absolute Gasteiger partial charge is 0.199 e. The summed E-state index contributed by atoms with van der Waals surface area (Å²) in [6.45, 7) is 3.18. The molecule has 0 aromatic carbocycles. The minimum Gasteiger partial charge on any atom is -0.426 e. The second-order valence-corrected chi connectivity index (χ2v) is 2.91. The van der Waals surface area contributed by atoms with E-state index in [9.17, 15) is 9.60 Å². The molecule has 5 heteroatoms. The largest absolute Gasteiger partial charge is 0.426 e. The van der Waals surface area contributed by atoms with Gasteiger partial charge in [-0.3, -0.25) is 0 Å². The van der Waals surface area contributed by atoms with Gasteiger partial charge in [-0.2, -0.15) is 9.83 Å². The number of fused-ring (bicyclic) bond motifs is 1. The minimum absolute atomic E-state index is 0.132. The molecule has 0 saturated heterocycles. The number of hydrogen-bond donors (Lipinski definition) is 1. The Labute approximate surface area is 73.9 Å². The van der Waals surface area contributed by atoms with Gasteiger partial charge in [-0.15, -0.1) is 5.10 Å². The van der Waals surface area contributed by atoms with Crippen molar-refractivity contribution >= 4 is 0 Å². The van der Waals surface area contributed by atoms with Crippen molar-refractivity contribution in [2.75, 3.05) is 0 Å². The number of rotatable bonds is 0. The van der Waals surface area contributed by atoms with Crippen LogP contribution < -0.4 is 0 Å². The van der Waals surface area contributed by atoms with Gasteiger partial charge in [-0.1, -0.05) is 0 Å². The van der Waals surface area contributed by atoms with E-state index in [2.05, 4.69) is 10.2 Å². The summed E-state index contributed by atoms with van der Waals surface area (Å²) in [4.78, 5) is 0. The summed E-state index contributed by atoms with van der Waals surface area (Å²) in [6.07, 6.45) is 0. The average Bonchev–Trinajstić information content (AvgIpc) is 2.45. The summed E-state index contributed by atoms with van der Waals surface area (Å²) in [5, 5.41) is 16.9. The highest BCUT2D eigenvalue weighted by Crippen LogP contribution is 2.24. The zero-order chi connectivity index (χ0) is 9.59. The lowest BCUT2D eigenvalue weighted by Gasteiger charge is -2.07. The topological polar surface area (TPSA) is 50.9 Å². The van der Waals surface area contributed by atoms with Gasteiger partial charge < -0.3 is 5.21 Å². The third-order valence-electron chi connectivity index (χ3n) is 2.06. The predicted octanol–water partition coefficient (Wildman–Crippen LogP) is 1.38. The second-order valence-electron chi connectivity index (χ2n) is 2.91. The van der Waals surface area contributed by atoms with E-state index in [1.807, 2.05) is 0 Å². The molecule has 0 spiro atoms. The molecule has 0 atom stereocenters. The van der Waals surface area contributed by atoms with Crippen LogP contribution in [0.15, 0.2) is 6.07 Å². The van der Waals surface area contributed by atoms with Gasteiger partial charge in [0.1, 0.15) is 5.82 Å². The molecule has 2 rings (SSSR count). The molecule has 13 heavy (non-hydrogen) atoms. The molecule has 0 fully saturated rings. The standard InChI is InChI=1S/C8H8FN3O/c1-4-6-3-7(9)5(2)12(13)8(6)11-10-4/h3,13H,1-2H3. The van der Waals surface area contributed by atoms with Crippen LogP contribution in [0.1, 0.15) is 11.4 Å². The molecule has 0 aromatic heterocycles. The maximum absolute atomic E-state index is 13.1. The normalized spacial score (nSPS) is 11.0. The Balaban J connectivity index is 2.86. The summed E-state index contributed by atoms with van der Waals surface area (Å²) in [6, 6.07) is 1.33. The Morgan fingerprint density at radius 1 is 1.38 bits per heavy atom. The Bertz CT molecular complexity index is 438. The van der Waals surface area contributed by atoms with Crippen LogP contribution in [0.3, 0.4) is 0 Å². The minimum atomic E-state index is -0.465. The molecule has 0 unspecified atom stereocenters. The van der Waals surface area contributed by atoms with Gasteiger partial charge in [0, 0.05) is 5.56 Å². The van der Waals surface area contributed by atoms with E-state index in [1.165, 1.54) is 13.0 Å². The fourth-order valence-electron chi connectivity index (χ4n) is 1.21. The van der Waals surface area contributed by atoms with Gasteiger partial charge in [0.05, 0.1) is 11.4 Å². The summed E-state index contributed by atoms with van der Waals surface area (Å²) >= 11 is 0. The van der Waals surface area contributed by atoms with E-state index in [0.29, 0.717) is 16.0 Å². The first-order valence-corrected chi connectivity index (χ1v) is 3.81. The quantitative estimate of drug-likeness (QED) is 0.624. The summed E-state index contributed by atoms with van der Waals surface area (Å²) < 4.78 is 13.8. The monoisotopic (exact) mass is 181 g/mol. The molecular formula is C8H8FN3O. The lowest BCUT2D eigenvalue weighted by molar-refractivity contribution is 0.175. The van der Waals surface area contributed by atoms with E-state index in [-0.39, 0.29) is 11.5 Å². The molecule has 1 N–H and O–H groups in total. The van der Waals surface area contributed by atoms with Crippen molar-refractivity contribution in [3.63, 3.8) is 0 Å². The molecule has 0 saturated carbocycles. The Morgan fingerprint density at radius 3 is 2.77 bits per heavy atom. The maximum atomic E-state index is 13.1. The van der Waals surface area contributed by atoms with Crippen LogP contribution in [0.2, 0.25) is 0 Å². The average molecular weight is 181 g/mol. The van der Waals surface area contributed by atoms with Gasteiger partial charge in [0.15, 0.2) is 5.82 Å². The second kappa shape index (κ2) is 2.42. The molecule has 2 heterocycles. The summed E-state index contributed by atoms with van der Waals surface area (Å²) in [5.41, 5.74) is 1.27. The van der Waals surface area contributed by atoms with Crippen molar-refractivity contribution in [2.45, 2.75) is 13.8 Å². The summed E-state index contributed by atoms with van der Waals surface area (Å²) in [7, 11) is 0. The molecule has 0 bridgehead atoms. The van der Waals surface area contributed by atoms with Crippen molar-refractivity contribution in [2.24, 2.45) is 0 Å².